The Bertz CT molecular complexity index is 1010. The summed E-state index contributed by atoms with van der Waals surface area (Å²) >= 11 is 6.39. The summed E-state index contributed by atoms with van der Waals surface area (Å²) in [5.74, 6) is -4.99. The van der Waals surface area contributed by atoms with Crippen LogP contribution >= 0.6 is 11.6 Å². The van der Waals surface area contributed by atoms with Gasteiger partial charge in [0.1, 0.15) is 11.7 Å². The van der Waals surface area contributed by atoms with Crippen LogP contribution in [0.2, 0.25) is 5.02 Å². The molecule has 1 N–H and O–H groups in total. The number of carbonyl (C=O) groups is 3. The van der Waals surface area contributed by atoms with Gasteiger partial charge in [-0.15, -0.1) is 0 Å². The van der Waals surface area contributed by atoms with Crippen LogP contribution in [0.25, 0.3) is 0 Å². The lowest BCUT2D eigenvalue weighted by Gasteiger charge is -2.38. The number of methoxy groups -OCH3 is 1. The lowest BCUT2D eigenvalue weighted by molar-refractivity contribution is -0.151. The van der Waals surface area contributed by atoms with E-state index in [1.165, 1.54) is 25.3 Å². The molecule has 3 rings (SSSR count). The van der Waals surface area contributed by atoms with Gasteiger partial charge in [-0.05, 0) is 44.7 Å². The summed E-state index contributed by atoms with van der Waals surface area (Å²) in [5.41, 5.74) is 1.25. The molecule has 32 heavy (non-hydrogen) atoms. The molecule has 0 radical (unpaired) electrons. The number of Topliss-reactive ketones (excluding diaryl/α,β-unsaturated/α-hetero) is 1. The highest BCUT2D eigenvalue weighted by atomic mass is 35.5. The minimum absolute atomic E-state index is 0.00476. The molecule has 0 amide bonds. The topological polar surface area (TPSA) is 81.7 Å². The number of nitrogens with one attached hydrogen (secondary N) is 1. The quantitative estimate of drug-likeness (QED) is 0.513. The number of hydrogen-bond donors (Lipinski definition) is 1. The van der Waals surface area contributed by atoms with E-state index in [1.807, 2.05) is 6.92 Å². The number of rotatable bonds is 5. The van der Waals surface area contributed by atoms with Gasteiger partial charge in [-0.25, -0.2) is 9.18 Å². The second kappa shape index (κ2) is 9.45. The first kappa shape index (κ1) is 24.0. The Balaban J connectivity index is 2.23. The Hall–Kier alpha value is -2.67. The molecule has 0 saturated heterocycles. The molecule has 0 saturated carbocycles. The summed E-state index contributed by atoms with van der Waals surface area (Å²) in [6.45, 7) is 7.08. The van der Waals surface area contributed by atoms with E-state index < -0.39 is 35.4 Å². The van der Waals surface area contributed by atoms with E-state index in [0.717, 1.165) is 0 Å². The fraction of sp³-hybridized carbons (Fsp3) is 0.458. The molecule has 0 aromatic heterocycles. The molecule has 1 aliphatic heterocycles. The monoisotopic (exact) mass is 463 g/mol. The SMILES string of the molecule is CC[C@@H](C)OC(=O)C1=C(C)NC2=C(C(=O)[C@@H](C(=O)OC)[C@@H](C)C2)[C@H]1c1c(F)cccc1Cl. The van der Waals surface area contributed by atoms with E-state index in [9.17, 15) is 14.4 Å². The fourth-order valence-electron chi connectivity index (χ4n) is 4.36. The van der Waals surface area contributed by atoms with E-state index in [4.69, 9.17) is 21.1 Å². The minimum Gasteiger partial charge on any atom is -0.468 e. The number of carbonyl (C=O) groups excluding carboxylic acids is 3. The number of allylic oxidation sites excluding steroid dienone is 3. The Labute approximate surface area is 191 Å². The number of halogens is 2. The standard InChI is InChI=1S/C24H27ClFNO5/c1-6-12(3)32-24(30)18-13(4)27-16-10-11(2)17(23(29)31-5)22(28)20(16)21(18)19-14(25)8-7-9-15(19)26/h7-9,11-12,17,21,27H,6,10H2,1-5H3/t11-,12+,17-,21+/m0/s1. The summed E-state index contributed by atoms with van der Waals surface area (Å²) < 4.78 is 25.5. The van der Waals surface area contributed by atoms with Gasteiger partial charge in [0.05, 0.1) is 24.7 Å². The third-order valence-electron chi connectivity index (χ3n) is 6.13. The van der Waals surface area contributed by atoms with Gasteiger partial charge in [0.2, 0.25) is 0 Å². The molecule has 0 bridgehead atoms. The highest BCUT2D eigenvalue weighted by Gasteiger charge is 2.48. The molecular weight excluding hydrogens is 437 g/mol. The van der Waals surface area contributed by atoms with Crippen LogP contribution in [0.1, 0.15) is 52.0 Å². The molecule has 4 atom stereocenters. The molecule has 2 aliphatic rings. The van der Waals surface area contributed by atoms with Crippen molar-refractivity contribution in [1.82, 2.24) is 5.32 Å². The van der Waals surface area contributed by atoms with E-state index in [1.54, 1.807) is 20.8 Å². The van der Waals surface area contributed by atoms with Gasteiger partial charge < -0.3 is 14.8 Å². The van der Waals surface area contributed by atoms with Crippen LogP contribution in [0, 0.1) is 17.7 Å². The van der Waals surface area contributed by atoms with Crippen molar-refractivity contribution in [3.8, 4) is 0 Å². The zero-order chi connectivity index (χ0) is 23.7. The average Bonchev–Trinajstić information content (AvgIpc) is 2.72. The van der Waals surface area contributed by atoms with Crippen molar-refractivity contribution in [2.24, 2.45) is 11.8 Å². The van der Waals surface area contributed by atoms with Gasteiger partial charge in [0.25, 0.3) is 0 Å². The lowest BCUT2D eigenvalue weighted by atomic mass is 9.69. The van der Waals surface area contributed by atoms with Gasteiger partial charge in [-0.3, -0.25) is 9.59 Å². The number of esters is 2. The molecule has 1 heterocycles. The van der Waals surface area contributed by atoms with Crippen molar-refractivity contribution in [2.75, 3.05) is 7.11 Å². The van der Waals surface area contributed by atoms with Gasteiger partial charge in [-0.1, -0.05) is 31.5 Å². The van der Waals surface area contributed by atoms with Gasteiger partial charge in [-0.2, -0.15) is 0 Å². The Morgan fingerprint density at radius 2 is 2.03 bits per heavy atom. The van der Waals surface area contributed by atoms with Crippen molar-refractivity contribution in [3.05, 3.63) is 57.1 Å². The normalized spacial score (nSPS) is 24.0. The van der Waals surface area contributed by atoms with Crippen LogP contribution in [-0.4, -0.2) is 30.9 Å². The highest BCUT2D eigenvalue weighted by Crippen LogP contribution is 2.47. The smallest absolute Gasteiger partial charge is 0.337 e. The second-order valence-corrected chi connectivity index (χ2v) is 8.70. The minimum atomic E-state index is -1.11. The fourth-order valence-corrected chi connectivity index (χ4v) is 4.63. The van der Waals surface area contributed by atoms with Crippen LogP contribution < -0.4 is 5.32 Å². The molecule has 1 aliphatic carbocycles. The Kier molecular flexibility index (Phi) is 7.08. The number of hydrogen-bond acceptors (Lipinski definition) is 6. The van der Waals surface area contributed by atoms with Crippen molar-refractivity contribution in [1.29, 1.82) is 0 Å². The molecular formula is C24H27ClFNO5. The Morgan fingerprint density at radius 1 is 1.34 bits per heavy atom. The van der Waals surface area contributed by atoms with Crippen molar-refractivity contribution < 1.29 is 28.2 Å². The first-order chi connectivity index (χ1) is 15.1. The summed E-state index contributed by atoms with van der Waals surface area (Å²) in [6.07, 6.45) is 0.569. The highest BCUT2D eigenvalue weighted by molar-refractivity contribution is 6.31. The zero-order valence-electron chi connectivity index (χ0n) is 18.8. The average molecular weight is 464 g/mol. The summed E-state index contributed by atoms with van der Waals surface area (Å²) in [7, 11) is 1.22. The van der Waals surface area contributed by atoms with Crippen LogP contribution in [-0.2, 0) is 23.9 Å². The summed E-state index contributed by atoms with van der Waals surface area (Å²) in [4.78, 5) is 39.2. The third-order valence-corrected chi connectivity index (χ3v) is 6.46. The van der Waals surface area contributed by atoms with Crippen molar-refractivity contribution >= 4 is 29.3 Å². The van der Waals surface area contributed by atoms with Crippen LogP contribution in [0.5, 0.6) is 0 Å². The largest absolute Gasteiger partial charge is 0.468 e. The van der Waals surface area contributed by atoms with Crippen LogP contribution in [0.15, 0.2) is 40.7 Å². The maximum absolute atomic E-state index is 15.1. The van der Waals surface area contributed by atoms with E-state index in [0.29, 0.717) is 24.2 Å². The second-order valence-electron chi connectivity index (χ2n) is 8.29. The summed E-state index contributed by atoms with van der Waals surface area (Å²) in [6, 6.07) is 4.18. The first-order valence-corrected chi connectivity index (χ1v) is 11.0. The van der Waals surface area contributed by atoms with Crippen LogP contribution in [0.4, 0.5) is 4.39 Å². The first-order valence-electron chi connectivity index (χ1n) is 10.6. The van der Waals surface area contributed by atoms with E-state index in [2.05, 4.69) is 5.32 Å². The number of ether oxygens (including phenoxy) is 2. The van der Waals surface area contributed by atoms with E-state index >= 15 is 4.39 Å². The molecule has 172 valence electrons. The molecule has 1 aromatic carbocycles. The summed E-state index contributed by atoms with van der Waals surface area (Å²) in [5, 5.41) is 3.21. The lowest BCUT2D eigenvalue weighted by Crippen LogP contribution is -2.43. The molecule has 6 nitrogen and oxygen atoms in total. The molecule has 0 spiro atoms. The van der Waals surface area contributed by atoms with Gasteiger partial charge >= 0.3 is 11.9 Å². The number of dihydropyridines is 1. The van der Waals surface area contributed by atoms with Crippen LogP contribution in [0.3, 0.4) is 0 Å². The van der Waals surface area contributed by atoms with E-state index in [-0.39, 0.29) is 33.8 Å². The third kappa shape index (κ3) is 4.18. The van der Waals surface area contributed by atoms with Gasteiger partial charge in [0.15, 0.2) is 5.78 Å². The number of ketones is 1. The number of benzene rings is 1. The van der Waals surface area contributed by atoms with Crippen molar-refractivity contribution in [2.45, 2.75) is 52.6 Å². The van der Waals surface area contributed by atoms with Crippen molar-refractivity contribution in [3.63, 3.8) is 0 Å². The zero-order valence-corrected chi connectivity index (χ0v) is 19.5. The molecule has 8 heteroatoms. The Morgan fingerprint density at radius 3 is 2.62 bits per heavy atom. The maximum Gasteiger partial charge on any atom is 0.337 e. The molecule has 0 fully saturated rings. The predicted molar refractivity (Wildman–Crippen MR) is 117 cm³/mol. The maximum atomic E-state index is 15.1. The van der Waals surface area contributed by atoms with Gasteiger partial charge in [0, 0.05) is 27.6 Å². The predicted octanol–water partition coefficient (Wildman–Crippen LogP) is 4.43. The molecule has 1 aromatic rings. The molecule has 0 unspecified atom stereocenters.